The predicted molar refractivity (Wildman–Crippen MR) is 252 cm³/mol. The summed E-state index contributed by atoms with van der Waals surface area (Å²) < 4.78 is 33.4. The summed E-state index contributed by atoms with van der Waals surface area (Å²) in [5.74, 6) is -1.11. The second-order valence-corrected chi connectivity index (χ2v) is 18.4. The van der Waals surface area contributed by atoms with Crippen LogP contribution in [0.1, 0.15) is 194 Å². The molecule has 0 saturated carbocycles. The van der Waals surface area contributed by atoms with Gasteiger partial charge in [-0.05, 0) is 25.7 Å². The van der Waals surface area contributed by atoms with E-state index in [2.05, 4.69) is 13.8 Å². The van der Waals surface area contributed by atoms with Crippen molar-refractivity contribution in [3.8, 4) is 0 Å². The van der Waals surface area contributed by atoms with Crippen LogP contribution >= 0.6 is 0 Å². The van der Waals surface area contributed by atoms with Crippen LogP contribution in [-0.4, -0.2) is 142 Å². The summed E-state index contributed by atoms with van der Waals surface area (Å²) in [6.45, 7) is 2.50. The minimum atomic E-state index is -1.78. The molecule has 2 aliphatic heterocycles. The molecule has 15 nitrogen and oxygen atoms in total. The maximum absolute atomic E-state index is 12.9. The third kappa shape index (κ3) is 26.7. The van der Waals surface area contributed by atoms with Gasteiger partial charge in [0, 0.05) is 0 Å². The molecular formula is C51H92O15. The summed E-state index contributed by atoms with van der Waals surface area (Å²) in [6.07, 6.45) is 22.6. The second kappa shape index (κ2) is 38.8. The first-order valence-electron chi connectivity index (χ1n) is 25.9. The van der Waals surface area contributed by atoms with E-state index in [0.29, 0.717) is 0 Å². The van der Waals surface area contributed by atoms with Crippen LogP contribution in [0.3, 0.4) is 0 Å². The van der Waals surface area contributed by atoms with Crippen LogP contribution < -0.4 is 0 Å². The molecule has 11 atom stereocenters. The maximum Gasteiger partial charge on any atom is 0.310 e. The van der Waals surface area contributed by atoms with Crippen LogP contribution in [-0.2, 0) is 38.0 Å². The molecule has 7 N–H and O–H groups in total. The number of unbranched alkanes of at least 4 members (excludes halogenated alkanes) is 24. The normalized spacial score (nSPS) is 26.3. The quantitative estimate of drug-likeness (QED) is 0.0184. The fourth-order valence-corrected chi connectivity index (χ4v) is 8.19. The molecule has 0 aromatic carbocycles. The van der Waals surface area contributed by atoms with Gasteiger partial charge >= 0.3 is 11.9 Å². The van der Waals surface area contributed by atoms with Gasteiger partial charge in [0.15, 0.2) is 18.7 Å². The molecule has 2 aliphatic rings. The first kappa shape index (κ1) is 60.1. The number of hydrogen-bond donors (Lipinski definition) is 7. The van der Waals surface area contributed by atoms with E-state index in [-0.39, 0.29) is 19.4 Å². The molecule has 2 fully saturated rings. The van der Waals surface area contributed by atoms with Gasteiger partial charge in [0.1, 0.15) is 55.4 Å². The lowest BCUT2D eigenvalue weighted by Gasteiger charge is -2.42. The lowest BCUT2D eigenvalue weighted by molar-refractivity contribution is -0.332. The van der Waals surface area contributed by atoms with Gasteiger partial charge in [-0.3, -0.25) is 9.59 Å². The smallest absolute Gasteiger partial charge is 0.310 e. The van der Waals surface area contributed by atoms with E-state index in [1.807, 2.05) is 12.2 Å². The Morgan fingerprint density at radius 2 is 0.864 bits per heavy atom. The number of aliphatic hydroxyl groups excluding tert-OH is 7. The zero-order chi connectivity index (χ0) is 48.2. The van der Waals surface area contributed by atoms with Crippen molar-refractivity contribution in [2.75, 3.05) is 26.4 Å². The van der Waals surface area contributed by atoms with Gasteiger partial charge in [0.25, 0.3) is 0 Å². The molecule has 0 spiro atoms. The van der Waals surface area contributed by atoms with Crippen LogP contribution in [0.5, 0.6) is 0 Å². The highest BCUT2D eigenvalue weighted by molar-refractivity contribution is 5.72. The highest BCUT2D eigenvalue weighted by Gasteiger charge is 2.47. The van der Waals surface area contributed by atoms with Crippen molar-refractivity contribution in [1.82, 2.24) is 0 Å². The molecular weight excluding hydrogens is 853 g/mol. The Morgan fingerprint density at radius 3 is 1.32 bits per heavy atom. The van der Waals surface area contributed by atoms with Gasteiger partial charge in [0.05, 0.1) is 32.7 Å². The summed E-state index contributed by atoms with van der Waals surface area (Å²) in [6, 6.07) is 0. The highest BCUT2D eigenvalue weighted by atomic mass is 16.7. The molecule has 2 heterocycles. The predicted octanol–water partition coefficient (Wildman–Crippen LogP) is 7.16. The van der Waals surface area contributed by atoms with E-state index < -0.39 is 99.3 Å². The Morgan fingerprint density at radius 1 is 0.470 bits per heavy atom. The fraction of sp³-hybridized carbons (Fsp3) is 0.882. The summed E-state index contributed by atoms with van der Waals surface area (Å²) in [7, 11) is 0. The second-order valence-electron chi connectivity index (χ2n) is 18.4. The third-order valence-electron chi connectivity index (χ3n) is 12.5. The van der Waals surface area contributed by atoms with Crippen molar-refractivity contribution in [2.45, 2.75) is 261 Å². The highest BCUT2D eigenvalue weighted by Crippen LogP contribution is 2.26. The molecule has 0 amide bonds. The maximum atomic E-state index is 12.9. The third-order valence-corrected chi connectivity index (χ3v) is 12.5. The zero-order valence-corrected chi connectivity index (χ0v) is 40.7. The molecule has 0 aromatic rings. The Labute approximate surface area is 396 Å². The van der Waals surface area contributed by atoms with Crippen molar-refractivity contribution in [2.24, 2.45) is 0 Å². The van der Waals surface area contributed by atoms with Gasteiger partial charge < -0.3 is 64.2 Å². The average Bonchev–Trinajstić information content (AvgIpc) is 3.31. The molecule has 0 aromatic heterocycles. The van der Waals surface area contributed by atoms with Crippen molar-refractivity contribution in [1.29, 1.82) is 0 Å². The van der Waals surface area contributed by atoms with E-state index in [1.165, 1.54) is 128 Å². The van der Waals surface area contributed by atoms with E-state index in [0.717, 1.165) is 38.5 Å². The summed E-state index contributed by atoms with van der Waals surface area (Å²) in [5, 5.41) is 72.0. The topological polar surface area (TPSA) is 231 Å². The van der Waals surface area contributed by atoms with Crippen molar-refractivity contribution in [3.05, 3.63) is 24.3 Å². The standard InChI is InChI=1S/C51H92O15/c1-3-5-7-9-11-13-15-17-19-21-23-25-27-29-31-33-42(53)61-36-39(64-43(54)34-32-30-28-26-24-22-20-18-16-14-12-10-8-6-4-2)37-62-50-49(60)47(58)45(56)41(66-50)38-63-51-48(59)46(57)44(55)40(35-52)65-51/h29-32,39-41,44-52,55-60H,3-28,33-38H2,1-2H3/t39-,40-,41-,44+,45+,46?,47?,48?,49?,50-,51+/m1/s1. The Bertz CT molecular complexity index is 1250. The first-order chi connectivity index (χ1) is 32.0. The number of carbonyl (C=O) groups excluding carboxylic acids is 2. The van der Waals surface area contributed by atoms with Crippen molar-refractivity contribution in [3.63, 3.8) is 0 Å². The largest absolute Gasteiger partial charge is 0.461 e. The van der Waals surface area contributed by atoms with Crippen LogP contribution in [0.15, 0.2) is 24.3 Å². The monoisotopic (exact) mass is 945 g/mol. The lowest BCUT2D eigenvalue weighted by atomic mass is 9.98. The molecule has 0 bridgehead atoms. The van der Waals surface area contributed by atoms with Crippen molar-refractivity contribution >= 4 is 11.9 Å². The van der Waals surface area contributed by atoms with E-state index >= 15 is 0 Å². The summed E-state index contributed by atoms with van der Waals surface area (Å²) in [5.41, 5.74) is 0. The SMILES string of the molecule is CCCCCCCCCCCCCCC=CCC(=O)OC[C@H](CO[C@@H]1O[C@H](CO[C@H]2O[C@H](CO)[C@H](O)C(O)C2O)[C@H](O)C(O)C1O)OC(=O)CC=CCCCCCCCCCCCCCC. The number of hydrogen-bond acceptors (Lipinski definition) is 15. The lowest BCUT2D eigenvalue weighted by Crippen LogP contribution is -2.61. The van der Waals surface area contributed by atoms with E-state index in [4.69, 9.17) is 28.4 Å². The average molecular weight is 945 g/mol. The molecule has 66 heavy (non-hydrogen) atoms. The van der Waals surface area contributed by atoms with Gasteiger partial charge in [-0.2, -0.15) is 0 Å². The van der Waals surface area contributed by atoms with Crippen LogP contribution in [0.2, 0.25) is 0 Å². The molecule has 0 radical (unpaired) electrons. The summed E-state index contributed by atoms with van der Waals surface area (Å²) in [4.78, 5) is 25.6. The Balaban J connectivity index is 1.84. The number of esters is 2. The number of allylic oxidation sites excluding steroid dienone is 2. The van der Waals surface area contributed by atoms with E-state index in [1.54, 1.807) is 12.2 Å². The molecule has 15 heteroatoms. The van der Waals surface area contributed by atoms with Crippen LogP contribution in [0.4, 0.5) is 0 Å². The number of rotatable bonds is 40. The Hall–Kier alpha value is -2.02. The Kier molecular flexibility index (Phi) is 35.3. The number of aliphatic hydroxyl groups is 7. The van der Waals surface area contributed by atoms with Crippen LogP contribution in [0.25, 0.3) is 0 Å². The summed E-state index contributed by atoms with van der Waals surface area (Å²) >= 11 is 0. The number of carbonyl (C=O) groups is 2. The first-order valence-corrected chi connectivity index (χ1v) is 25.9. The molecule has 2 saturated heterocycles. The van der Waals surface area contributed by atoms with Gasteiger partial charge in [-0.25, -0.2) is 0 Å². The van der Waals surface area contributed by atoms with Crippen LogP contribution in [0, 0.1) is 0 Å². The van der Waals surface area contributed by atoms with E-state index in [9.17, 15) is 45.3 Å². The van der Waals surface area contributed by atoms with Gasteiger partial charge in [0.2, 0.25) is 0 Å². The minimum absolute atomic E-state index is 0.0185. The molecule has 4 unspecified atom stereocenters. The fourth-order valence-electron chi connectivity index (χ4n) is 8.19. The number of ether oxygens (including phenoxy) is 6. The zero-order valence-electron chi connectivity index (χ0n) is 40.7. The van der Waals surface area contributed by atoms with Gasteiger partial charge in [-0.1, -0.05) is 179 Å². The molecule has 0 aliphatic carbocycles. The van der Waals surface area contributed by atoms with Gasteiger partial charge in [-0.15, -0.1) is 0 Å². The van der Waals surface area contributed by atoms with Crippen molar-refractivity contribution < 1.29 is 73.8 Å². The minimum Gasteiger partial charge on any atom is -0.461 e. The molecule has 2 rings (SSSR count). The molecule has 386 valence electrons.